The summed E-state index contributed by atoms with van der Waals surface area (Å²) in [6.45, 7) is 1.88. The number of aryl methyl sites for hydroxylation is 1. The first-order valence-corrected chi connectivity index (χ1v) is 11.9. The average Bonchev–Trinajstić information content (AvgIpc) is 2.75. The van der Waals surface area contributed by atoms with Crippen LogP contribution in [0.25, 0.3) is 0 Å². The Morgan fingerprint density at radius 1 is 1.06 bits per heavy atom. The topological polar surface area (TPSA) is 66.5 Å². The molecular formula is C23H20BrFN2O3S. The van der Waals surface area contributed by atoms with Gasteiger partial charge in [-0.3, -0.25) is 4.79 Å². The fourth-order valence-electron chi connectivity index (χ4n) is 3.70. The number of carbonyl (C=O) groups is 1. The average molecular weight is 503 g/mol. The van der Waals surface area contributed by atoms with Crippen LogP contribution in [-0.2, 0) is 27.8 Å². The van der Waals surface area contributed by atoms with Gasteiger partial charge in [0.1, 0.15) is 16.8 Å². The molecule has 0 aliphatic carbocycles. The molecule has 5 nitrogen and oxygen atoms in total. The molecule has 1 aliphatic heterocycles. The molecule has 3 aromatic carbocycles. The fourth-order valence-corrected chi connectivity index (χ4v) is 5.58. The van der Waals surface area contributed by atoms with E-state index in [2.05, 4.69) is 21.2 Å². The second-order valence-electron chi connectivity index (χ2n) is 7.42. The number of amides is 1. The van der Waals surface area contributed by atoms with Crippen molar-refractivity contribution in [2.75, 3.05) is 5.32 Å². The van der Waals surface area contributed by atoms with Gasteiger partial charge in [-0.25, -0.2) is 12.8 Å². The maximum absolute atomic E-state index is 14.4. The molecule has 8 heteroatoms. The monoisotopic (exact) mass is 502 g/mol. The molecule has 0 fully saturated rings. The Hall–Kier alpha value is -2.55. The van der Waals surface area contributed by atoms with Crippen LogP contribution in [0.1, 0.15) is 16.7 Å². The highest BCUT2D eigenvalue weighted by Crippen LogP contribution is 2.31. The third-order valence-corrected chi connectivity index (χ3v) is 8.13. The quantitative estimate of drug-likeness (QED) is 0.564. The molecule has 0 spiro atoms. The predicted octanol–water partition coefficient (Wildman–Crippen LogP) is 4.65. The summed E-state index contributed by atoms with van der Waals surface area (Å²) in [7, 11) is -4.25. The minimum absolute atomic E-state index is 0.00963. The van der Waals surface area contributed by atoms with Gasteiger partial charge in [-0.1, -0.05) is 52.3 Å². The molecule has 0 bridgehead atoms. The number of carbonyl (C=O) groups excluding carboxylic acids is 1. The summed E-state index contributed by atoms with van der Waals surface area (Å²) in [5.74, 6) is -1.31. The number of anilines is 1. The third kappa shape index (κ3) is 4.28. The van der Waals surface area contributed by atoms with E-state index in [0.29, 0.717) is 5.69 Å². The van der Waals surface area contributed by atoms with Gasteiger partial charge in [0.25, 0.3) is 0 Å². The molecule has 3 aromatic rings. The van der Waals surface area contributed by atoms with Crippen molar-refractivity contribution in [1.29, 1.82) is 0 Å². The van der Waals surface area contributed by atoms with E-state index >= 15 is 0 Å². The third-order valence-electron chi connectivity index (χ3n) is 5.36. The van der Waals surface area contributed by atoms with E-state index in [1.54, 1.807) is 12.1 Å². The molecule has 1 unspecified atom stereocenters. The number of halogens is 2. The number of sulfonamides is 1. The lowest BCUT2D eigenvalue weighted by atomic mass is 9.95. The van der Waals surface area contributed by atoms with E-state index in [1.165, 1.54) is 18.2 Å². The Morgan fingerprint density at radius 2 is 1.74 bits per heavy atom. The van der Waals surface area contributed by atoms with E-state index in [0.717, 1.165) is 31.5 Å². The van der Waals surface area contributed by atoms with Gasteiger partial charge >= 0.3 is 0 Å². The Kier molecular flexibility index (Phi) is 5.96. The SMILES string of the molecule is Cc1cc(NC(=O)C2Cc3ccccc3CN2S(=O)(=O)c2ccccc2F)ccc1Br. The summed E-state index contributed by atoms with van der Waals surface area (Å²) < 4.78 is 43.1. The van der Waals surface area contributed by atoms with Gasteiger partial charge in [-0.15, -0.1) is 0 Å². The molecular weight excluding hydrogens is 483 g/mol. The van der Waals surface area contributed by atoms with Crippen molar-refractivity contribution >= 4 is 37.5 Å². The van der Waals surface area contributed by atoms with Gasteiger partial charge in [-0.2, -0.15) is 4.31 Å². The standard InChI is InChI=1S/C23H20BrFN2O3S/c1-15-12-18(10-11-19(15)24)26-23(28)21-13-16-6-2-3-7-17(16)14-27(21)31(29,30)22-9-5-4-8-20(22)25/h2-12,21H,13-14H2,1H3,(H,26,28). The van der Waals surface area contributed by atoms with Crippen molar-refractivity contribution in [2.45, 2.75) is 30.8 Å². The number of benzene rings is 3. The Bertz CT molecular complexity index is 1260. The normalized spacial score (nSPS) is 16.5. The maximum Gasteiger partial charge on any atom is 0.247 e. The molecule has 1 heterocycles. The highest BCUT2D eigenvalue weighted by Gasteiger charge is 2.40. The van der Waals surface area contributed by atoms with Crippen LogP contribution in [0.4, 0.5) is 10.1 Å². The highest BCUT2D eigenvalue weighted by molar-refractivity contribution is 9.10. The molecule has 0 radical (unpaired) electrons. The van der Waals surface area contributed by atoms with E-state index in [1.807, 2.05) is 37.3 Å². The molecule has 1 atom stereocenters. The van der Waals surface area contributed by atoms with Crippen LogP contribution in [0.15, 0.2) is 76.1 Å². The molecule has 1 amide bonds. The smallest absolute Gasteiger partial charge is 0.247 e. The van der Waals surface area contributed by atoms with Crippen molar-refractivity contribution in [3.63, 3.8) is 0 Å². The van der Waals surface area contributed by atoms with Crippen LogP contribution in [-0.4, -0.2) is 24.7 Å². The van der Waals surface area contributed by atoms with Gasteiger partial charge in [0.15, 0.2) is 0 Å². The summed E-state index contributed by atoms with van der Waals surface area (Å²) >= 11 is 3.42. The van der Waals surface area contributed by atoms with Gasteiger partial charge < -0.3 is 5.32 Å². The van der Waals surface area contributed by atoms with Crippen molar-refractivity contribution in [2.24, 2.45) is 0 Å². The van der Waals surface area contributed by atoms with Crippen molar-refractivity contribution in [3.05, 3.63) is 93.7 Å². The number of fused-ring (bicyclic) bond motifs is 1. The van der Waals surface area contributed by atoms with Crippen LogP contribution in [0.5, 0.6) is 0 Å². The zero-order valence-electron chi connectivity index (χ0n) is 16.7. The molecule has 160 valence electrons. The Balaban J connectivity index is 1.73. The van der Waals surface area contributed by atoms with Crippen LogP contribution < -0.4 is 5.32 Å². The number of nitrogens with zero attached hydrogens (tertiary/aromatic N) is 1. The van der Waals surface area contributed by atoms with Crippen LogP contribution in [0, 0.1) is 12.7 Å². The van der Waals surface area contributed by atoms with Gasteiger partial charge in [-0.05, 0) is 60.4 Å². The number of hydrogen-bond donors (Lipinski definition) is 1. The molecule has 0 saturated heterocycles. The second-order valence-corrected chi connectivity index (χ2v) is 10.1. The lowest BCUT2D eigenvalue weighted by Gasteiger charge is -2.35. The zero-order valence-corrected chi connectivity index (χ0v) is 19.1. The first kappa shape index (κ1) is 21.7. The lowest BCUT2D eigenvalue weighted by molar-refractivity contribution is -0.120. The van der Waals surface area contributed by atoms with Crippen molar-refractivity contribution in [3.8, 4) is 0 Å². The van der Waals surface area contributed by atoms with E-state index in [-0.39, 0.29) is 13.0 Å². The molecule has 0 aromatic heterocycles. The van der Waals surface area contributed by atoms with Gasteiger partial charge in [0.05, 0.1) is 0 Å². The van der Waals surface area contributed by atoms with Crippen LogP contribution in [0.3, 0.4) is 0 Å². The van der Waals surface area contributed by atoms with E-state index in [4.69, 9.17) is 0 Å². The fraction of sp³-hybridized carbons (Fsp3) is 0.174. The van der Waals surface area contributed by atoms with Crippen molar-refractivity contribution in [1.82, 2.24) is 4.31 Å². The minimum atomic E-state index is -4.25. The summed E-state index contributed by atoms with van der Waals surface area (Å²) in [5, 5.41) is 2.82. The summed E-state index contributed by atoms with van der Waals surface area (Å²) in [6.07, 6.45) is 0.200. The predicted molar refractivity (Wildman–Crippen MR) is 121 cm³/mol. The van der Waals surface area contributed by atoms with Crippen molar-refractivity contribution < 1.29 is 17.6 Å². The molecule has 31 heavy (non-hydrogen) atoms. The summed E-state index contributed by atoms with van der Waals surface area (Å²) in [6, 6.07) is 16.9. The van der Waals surface area contributed by atoms with Gasteiger partial charge in [0.2, 0.25) is 15.9 Å². The summed E-state index contributed by atoms with van der Waals surface area (Å²) in [4.78, 5) is 12.8. The molecule has 0 saturated carbocycles. The number of nitrogens with one attached hydrogen (secondary N) is 1. The second kappa shape index (κ2) is 8.53. The number of rotatable bonds is 4. The van der Waals surface area contributed by atoms with Crippen LogP contribution in [0.2, 0.25) is 0 Å². The zero-order chi connectivity index (χ0) is 22.2. The Morgan fingerprint density at radius 3 is 2.45 bits per heavy atom. The summed E-state index contributed by atoms with van der Waals surface area (Å²) in [5.41, 5.74) is 3.19. The molecule has 1 aliphatic rings. The van der Waals surface area contributed by atoms with E-state index in [9.17, 15) is 17.6 Å². The van der Waals surface area contributed by atoms with E-state index < -0.39 is 32.7 Å². The molecule has 1 N–H and O–H groups in total. The first-order valence-electron chi connectivity index (χ1n) is 9.67. The lowest BCUT2D eigenvalue weighted by Crippen LogP contribution is -2.50. The maximum atomic E-state index is 14.4. The molecule has 4 rings (SSSR count). The number of hydrogen-bond acceptors (Lipinski definition) is 3. The van der Waals surface area contributed by atoms with Gasteiger partial charge in [0, 0.05) is 16.7 Å². The highest BCUT2D eigenvalue weighted by atomic mass is 79.9. The minimum Gasteiger partial charge on any atom is -0.325 e. The van der Waals surface area contributed by atoms with Crippen LogP contribution >= 0.6 is 15.9 Å². The largest absolute Gasteiger partial charge is 0.325 e. The Labute approximate surface area is 189 Å². The first-order chi connectivity index (χ1) is 14.8.